The Morgan fingerprint density at radius 1 is 0.933 bits per heavy atom. The highest BCUT2D eigenvalue weighted by Gasteiger charge is 2.14. The maximum atomic E-state index is 12.5. The number of ketones is 1. The van der Waals surface area contributed by atoms with Crippen LogP contribution in [0, 0.1) is 0 Å². The topological polar surface area (TPSA) is 71.1 Å². The minimum Gasteiger partial charge on any atom is -0.351 e. The molecule has 3 rings (SSSR count). The fourth-order valence-corrected chi connectivity index (χ4v) is 3.22. The average Bonchev–Trinajstić information content (AvgIpc) is 2.79. The van der Waals surface area contributed by atoms with Gasteiger partial charge < -0.3 is 10.6 Å². The van der Waals surface area contributed by atoms with E-state index >= 15 is 0 Å². The average molecular weight is 422 g/mol. The fraction of sp³-hybridized carbons (Fsp3) is 0.208. The Labute approximate surface area is 181 Å². The zero-order chi connectivity index (χ0) is 21.2. The number of aromatic nitrogens is 1. The van der Waals surface area contributed by atoms with Gasteiger partial charge in [-0.05, 0) is 42.7 Å². The molecule has 30 heavy (non-hydrogen) atoms. The highest BCUT2D eigenvalue weighted by Crippen LogP contribution is 2.12. The smallest absolute Gasteiger partial charge is 0.269 e. The lowest BCUT2D eigenvalue weighted by molar-refractivity contribution is 0.0942. The second-order valence-corrected chi connectivity index (χ2v) is 7.39. The number of amides is 1. The molecule has 0 radical (unpaired) electrons. The predicted octanol–water partition coefficient (Wildman–Crippen LogP) is 3.94. The predicted molar refractivity (Wildman–Crippen MR) is 119 cm³/mol. The Morgan fingerprint density at radius 2 is 1.67 bits per heavy atom. The van der Waals surface area contributed by atoms with E-state index in [0.717, 1.165) is 12.0 Å². The number of pyridine rings is 1. The Morgan fingerprint density at radius 3 is 2.37 bits per heavy atom. The molecule has 0 bridgehead atoms. The van der Waals surface area contributed by atoms with Crippen LogP contribution in [0.2, 0.25) is 5.02 Å². The van der Waals surface area contributed by atoms with Gasteiger partial charge in [-0.2, -0.15) is 0 Å². The van der Waals surface area contributed by atoms with Gasteiger partial charge in [0.15, 0.2) is 5.78 Å². The van der Waals surface area contributed by atoms with Crippen molar-refractivity contribution in [2.24, 2.45) is 0 Å². The van der Waals surface area contributed by atoms with Gasteiger partial charge in [0.1, 0.15) is 5.69 Å². The summed E-state index contributed by atoms with van der Waals surface area (Å²) >= 11 is 5.98. The van der Waals surface area contributed by atoms with Crippen molar-refractivity contribution < 1.29 is 9.59 Å². The summed E-state index contributed by atoms with van der Waals surface area (Å²) in [7, 11) is 0. The summed E-state index contributed by atoms with van der Waals surface area (Å²) in [5.41, 5.74) is 2.18. The van der Waals surface area contributed by atoms with Gasteiger partial charge in [-0.3, -0.25) is 14.6 Å². The lowest BCUT2D eigenvalue weighted by atomic mass is 10.0. The van der Waals surface area contributed by atoms with E-state index in [1.54, 1.807) is 24.4 Å². The molecule has 0 aliphatic carbocycles. The minimum absolute atomic E-state index is 0.0165. The van der Waals surface area contributed by atoms with Crippen molar-refractivity contribution in [1.82, 2.24) is 15.6 Å². The summed E-state index contributed by atoms with van der Waals surface area (Å²) in [6.45, 7) is 0.705. The van der Waals surface area contributed by atoms with E-state index in [1.807, 2.05) is 54.6 Å². The van der Waals surface area contributed by atoms with E-state index in [0.29, 0.717) is 29.2 Å². The van der Waals surface area contributed by atoms with Crippen LogP contribution in [0.4, 0.5) is 0 Å². The molecule has 0 aliphatic heterocycles. The first-order chi connectivity index (χ1) is 14.6. The molecule has 5 nitrogen and oxygen atoms in total. The molecule has 1 amide bonds. The van der Waals surface area contributed by atoms with Gasteiger partial charge >= 0.3 is 0 Å². The second-order valence-electron chi connectivity index (χ2n) is 6.96. The van der Waals surface area contributed by atoms with Crippen molar-refractivity contribution in [2.75, 3.05) is 13.1 Å². The number of benzene rings is 2. The maximum absolute atomic E-state index is 12.5. The van der Waals surface area contributed by atoms with Gasteiger partial charge in [0.2, 0.25) is 0 Å². The first-order valence-electron chi connectivity index (χ1n) is 9.87. The van der Waals surface area contributed by atoms with Crippen LogP contribution in [0.15, 0.2) is 79.0 Å². The number of hydrogen-bond acceptors (Lipinski definition) is 4. The van der Waals surface area contributed by atoms with Crippen molar-refractivity contribution in [3.05, 3.63) is 101 Å². The van der Waals surface area contributed by atoms with Crippen LogP contribution >= 0.6 is 11.6 Å². The van der Waals surface area contributed by atoms with Crippen LogP contribution in [-0.2, 0) is 6.42 Å². The molecule has 0 spiro atoms. The molecule has 2 N–H and O–H groups in total. The standard InChI is InChI=1S/C24H24ClN3O2/c25-20-11-9-18(10-12-20)16-21(28-17-23(29)19-6-2-1-3-7-19)13-15-27-24(30)22-8-4-5-14-26-22/h1-12,14,21,28H,13,15-17H2,(H,27,30). The third kappa shape index (κ3) is 6.79. The van der Waals surface area contributed by atoms with E-state index in [-0.39, 0.29) is 24.3 Å². The zero-order valence-corrected chi connectivity index (χ0v) is 17.3. The summed E-state index contributed by atoms with van der Waals surface area (Å²) in [4.78, 5) is 28.7. The van der Waals surface area contributed by atoms with Crippen molar-refractivity contribution in [3.63, 3.8) is 0 Å². The van der Waals surface area contributed by atoms with Crippen LogP contribution in [-0.4, -0.2) is 35.8 Å². The monoisotopic (exact) mass is 421 g/mol. The van der Waals surface area contributed by atoms with Crippen molar-refractivity contribution in [1.29, 1.82) is 0 Å². The quantitative estimate of drug-likeness (QED) is 0.486. The van der Waals surface area contributed by atoms with E-state index in [2.05, 4.69) is 15.6 Å². The van der Waals surface area contributed by atoms with Gasteiger partial charge in [0, 0.05) is 29.4 Å². The van der Waals surface area contributed by atoms with Crippen LogP contribution in [0.5, 0.6) is 0 Å². The molecule has 2 aromatic carbocycles. The van der Waals surface area contributed by atoms with Gasteiger partial charge in [0.25, 0.3) is 5.91 Å². The molecule has 1 unspecified atom stereocenters. The Balaban J connectivity index is 1.57. The number of nitrogens with zero attached hydrogens (tertiary/aromatic N) is 1. The number of hydrogen-bond donors (Lipinski definition) is 2. The summed E-state index contributed by atoms with van der Waals surface area (Å²) in [5.74, 6) is -0.171. The normalized spacial score (nSPS) is 11.6. The van der Waals surface area contributed by atoms with Gasteiger partial charge in [-0.15, -0.1) is 0 Å². The number of nitrogens with one attached hydrogen (secondary N) is 2. The van der Waals surface area contributed by atoms with Gasteiger partial charge in [-0.1, -0.05) is 60.1 Å². The maximum Gasteiger partial charge on any atom is 0.269 e. The van der Waals surface area contributed by atoms with Crippen molar-refractivity contribution in [2.45, 2.75) is 18.9 Å². The molecular formula is C24H24ClN3O2. The van der Waals surface area contributed by atoms with Crippen molar-refractivity contribution >= 4 is 23.3 Å². The van der Waals surface area contributed by atoms with E-state index < -0.39 is 0 Å². The van der Waals surface area contributed by atoms with E-state index in [1.165, 1.54) is 0 Å². The second kappa shape index (κ2) is 11.2. The molecule has 1 aromatic heterocycles. The number of halogens is 1. The van der Waals surface area contributed by atoms with Gasteiger partial charge in [0.05, 0.1) is 6.54 Å². The largest absolute Gasteiger partial charge is 0.351 e. The molecule has 1 atom stereocenters. The first-order valence-corrected chi connectivity index (χ1v) is 10.2. The first kappa shape index (κ1) is 21.7. The lowest BCUT2D eigenvalue weighted by Gasteiger charge is -2.19. The van der Waals surface area contributed by atoms with E-state index in [9.17, 15) is 9.59 Å². The third-order valence-electron chi connectivity index (χ3n) is 4.72. The molecule has 0 saturated carbocycles. The summed E-state index contributed by atoms with van der Waals surface area (Å²) in [6.07, 6.45) is 2.98. The zero-order valence-electron chi connectivity index (χ0n) is 16.6. The van der Waals surface area contributed by atoms with Gasteiger partial charge in [-0.25, -0.2) is 0 Å². The molecule has 1 heterocycles. The molecule has 154 valence electrons. The van der Waals surface area contributed by atoms with Crippen LogP contribution in [0.25, 0.3) is 0 Å². The Bertz CT molecular complexity index is 947. The summed E-state index contributed by atoms with van der Waals surface area (Å²) in [5, 5.41) is 6.93. The van der Waals surface area contributed by atoms with E-state index in [4.69, 9.17) is 11.6 Å². The molecule has 3 aromatic rings. The summed E-state index contributed by atoms with van der Waals surface area (Å²) < 4.78 is 0. The van der Waals surface area contributed by atoms with Crippen LogP contribution in [0.1, 0.15) is 32.8 Å². The number of rotatable bonds is 10. The highest BCUT2D eigenvalue weighted by molar-refractivity contribution is 6.30. The highest BCUT2D eigenvalue weighted by atomic mass is 35.5. The lowest BCUT2D eigenvalue weighted by Crippen LogP contribution is -2.38. The number of carbonyl (C=O) groups is 2. The molecular weight excluding hydrogens is 398 g/mol. The van der Waals surface area contributed by atoms with Crippen LogP contribution in [0.3, 0.4) is 0 Å². The Hall–Kier alpha value is -3.02. The fourth-order valence-electron chi connectivity index (χ4n) is 3.09. The summed E-state index contributed by atoms with van der Waals surface area (Å²) in [6, 6.07) is 22.1. The minimum atomic E-state index is -0.207. The molecule has 0 aliphatic rings. The molecule has 6 heteroatoms. The Kier molecular flexibility index (Phi) is 8.12. The third-order valence-corrected chi connectivity index (χ3v) is 4.97. The molecule has 0 fully saturated rings. The van der Waals surface area contributed by atoms with Crippen LogP contribution < -0.4 is 10.6 Å². The SMILES string of the molecule is O=C(CNC(CCNC(=O)c1ccccn1)Cc1ccc(Cl)cc1)c1ccccc1. The number of Topliss-reactive ketones (excluding diaryl/α,β-unsaturated/α-hetero) is 1. The van der Waals surface area contributed by atoms with Crippen molar-refractivity contribution in [3.8, 4) is 0 Å². The molecule has 0 saturated heterocycles. The number of carbonyl (C=O) groups excluding carboxylic acids is 2.